The third-order valence-electron chi connectivity index (χ3n) is 1.77. The average molecular weight is 192 g/mol. The number of rotatable bonds is 2. The van der Waals surface area contributed by atoms with E-state index in [4.69, 9.17) is 5.73 Å². The summed E-state index contributed by atoms with van der Waals surface area (Å²) in [7, 11) is 3.08. The minimum atomic E-state index is -0.533. The predicted molar refractivity (Wildman–Crippen MR) is 53.9 cm³/mol. The van der Waals surface area contributed by atoms with Gasteiger partial charge < -0.3 is 10.6 Å². The molecule has 0 radical (unpaired) electrons. The number of carbonyl (C=O) groups excluding carboxylic acids is 2. The molecule has 0 atom stereocenters. The first-order valence-corrected chi connectivity index (χ1v) is 4.14. The summed E-state index contributed by atoms with van der Waals surface area (Å²) in [6.07, 6.45) is 0. The molecule has 0 saturated heterocycles. The summed E-state index contributed by atoms with van der Waals surface area (Å²) >= 11 is 0. The zero-order valence-electron chi connectivity index (χ0n) is 8.15. The van der Waals surface area contributed by atoms with Gasteiger partial charge >= 0.3 is 0 Å². The third-order valence-corrected chi connectivity index (χ3v) is 1.77. The van der Waals surface area contributed by atoms with E-state index in [1.54, 1.807) is 24.3 Å². The van der Waals surface area contributed by atoms with Gasteiger partial charge in [0, 0.05) is 25.3 Å². The fraction of sp³-hybridized carbons (Fsp3) is 0.200. The smallest absolute Gasteiger partial charge is 0.294 e. The van der Waals surface area contributed by atoms with Crippen molar-refractivity contribution in [3.05, 3.63) is 29.8 Å². The van der Waals surface area contributed by atoms with Crippen LogP contribution >= 0.6 is 0 Å². The van der Waals surface area contributed by atoms with Crippen LogP contribution in [0.4, 0.5) is 5.69 Å². The Labute approximate surface area is 82.3 Å². The van der Waals surface area contributed by atoms with Gasteiger partial charge in [0.15, 0.2) is 0 Å². The second-order valence-electron chi connectivity index (χ2n) is 3.15. The van der Waals surface area contributed by atoms with Crippen molar-refractivity contribution < 1.29 is 9.59 Å². The normalized spacial score (nSPS) is 9.57. The van der Waals surface area contributed by atoms with Crippen molar-refractivity contribution >= 4 is 17.4 Å². The summed E-state index contributed by atoms with van der Waals surface area (Å²) in [4.78, 5) is 24.0. The SMILES string of the molecule is CN(C)C(=O)C(=O)c1ccc(N)cc1. The van der Waals surface area contributed by atoms with Crippen LogP contribution in [-0.4, -0.2) is 30.7 Å². The number of nitrogens with zero attached hydrogens (tertiary/aromatic N) is 1. The van der Waals surface area contributed by atoms with Gasteiger partial charge in [-0.1, -0.05) is 0 Å². The van der Waals surface area contributed by atoms with E-state index in [1.807, 2.05) is 0 Å². The number of hydrogen-bond donors (Lipinski definition) is 1. The average Bonchev–Trinajstić information content (AvgIpc) is 2.16. The zero-order chi connectivity index (χ0) is 10.7. The molecule has 0 aromatic heterocycles. The van der Waals surface area contributed by atoms with Gasteiger partial charge in [-0.3, -0.25) is 9.59 Å². The summed E-state index contributed by atoms with van der Waals surface area (Å²) in [6, 6.07) is 6.27. The Hall–Kier alpha value is -1.84. The molecule has 0 unspecified atom stereocenters. The van der Waals surface area contributed by atoms with E-state index in [0.717, 1.165) is 0 Å². The van der Waals surface area contributed by atoms with Crippen LogP contribution in [-0.2, 0) is 4.79 Å². The topological polar surface area (TPSA) is 63.4 Å². The van der Waals surface area contributed by atoms with Crippen molar-refractivity contribution in [1.82, 2.24) is 4.90 Å². The quantitative estimate of drug-likeness (QED) is 0.422. The number of nitrogens with two attached hydrogens (primary N) is 1. The van der Waals surface area contributed by atoms with Crippen LogP contribution < -0.4 is 5.73 Å². The first kappa shape index (κ1) is 10.2. The molecule has 0 aliphatic carbocycles. The Balaban J connectivity index is 2.90. The second-order valence-corrected chi connectivity index (χ2v) is 3.15. The summed E-state index contributed by atoms with van der Waals surface area (Å²) in [5, 5.41) is 0. The molecule has 0 saturated carbocycles. The molecule has 0 bridgehead atoms. The molecule has 14 heavy (non-hydrogen) atoms. The highest BCUT2D eigenvalue weighted by Crippen LogP contribution is 2.06. The van der Waals surface area contributed by atoms with E-state index in [0.29, 0.717) is 11.3 Å². The van der Waals surface area contributed by atoms with Gasteiger partial charge in [0.2, 0.25) is 5.78 Å². The Morgan fingerprint density at radius 3 is 2.07 bits per heavy atom. The molecule has 4 nitrogen and oxygen atoms in total. The number of Topliss-reactive ketones (excluding diaryl/α,β-unsaturated/α-hetero) is 1. The van der Waals surface area contributed by atoms with Gasteiger partial charge in [-0.05, 0) is 24.3 Å². The second kappa shape index (κ2) is 3.91. The Morgan fingerprint density at radius 1 is 1.14 bits per heavy atom. The number of nitrogen functional groups attached to an aromatic ring is 1. The predicted octanol–water partition coefficient (Wildman–Crippen LogP) is 0.540. The Bertz CT molecular complexity index is 355. The van der Waals surface area contributed by atoms with Gasteiger partial charge in [0.05, 0.1) is 0 Å². The molecule has 1 rings (SSSR count). The number of ketones is 1. The summed E-state index contributed by atoms with van der Waals surface area (Å²) in [5.74, 6) is -1.05. The maximum atomic E-state index is 11.5. The van der Waals surface area contributed by atoms with Crippen molar-refractivity contribution in [1.29, 1.82) is 0 Å². The van der Waals surface area contributed by atoms with Crippen LogP contribution in [0.2, 0.25) is 0 Å². The number of anilines is 1. The maximum Gasteiger partial charge on any atom is 0.294 e. The molecule has 0 heterocycles. The monoisotopic (exact) mass is 192 g/mol. The molecule has 1 aromatic carbocycles. The van der Waals surface area contributed by atoms with Crippen molar-refractivity contribution in [3.63, 3.8) is 0 Å². The molecular formula is C10H12N2O2. The van der Waals surface area contributed by atoms with Gasteiger partial charge in [-0.2, -0.15) is 0 Å². The number of hydrogen-bond acceptors (Lipinski definition) is 3. The first-order valence-electron chi connectivity index (χ1n) is 4.14. The summed E-state index contributed by atoms with van der Waals surface area (Å²) < 4.78 is 0. The van der Waals surface area contributed by atoms with E-state index in [2.05, 4.69) is 0 Å². The van der Waals surface area contributed by atoms with Gasteiger partial charge in [-0.15, -0.1) is 0 Å². The molecule has 0 aliphatic heterocycles. The van der Waals surface area contributed by atoms with Crippen LogP contribution in [0.5, 0.6) is 0 Å². The van der Waals surface area contributed by atoms with Crippen molar-refractivity contribution in [2.45, 2.75) is 0 Å². The summed E-state index contributed by atoms with van der Waals surface area (Å²) in [5.41, 5.74) is 6.38. The van der Waals surface area contributed by atoms with Crippen LogP contribution in [0, 0.1) is 0 Å². The van der Waals surface area contributed by atoms with Gasteiger partial charge in [-0.25, -0.2) is 0 Å². The first-order chi connectivity index (χ1) is 6.52. The molecule has 2 N–H and O–H groups in total. The Morgan fingerprint density at radius 2 is 1.64 bits per heavy atom. The number of amides is 1. The lowest BCUT2D eigenvalue weighted by atomic mass is 10.1. The largest absolute Gasteiger partial charge is 0.399 e. The van der Waals surface area contributed by atoms with Crippen molar-refractivity contribution in [2.24, 2.45) is 0 Å². The lowest BCUT2D eigenvalue weighted by Gasteiger charge is -2.08. The van der Waals surface area contributed by atoms with Gasteiger partial charge in [0.1, 0.15) is 0 Å². The van der Waals surface area contributed by atoms with E-state index >= 15 is 0 Å². The van der Waals surface area contributed by atoms with E-state index in [9.17, 15) is 9.59 Å². The molecule has 4 heteroatoms. The Kier molecular flexibility index (Phi) is 2.86. The molecular weight excluding hydrogens is 180 g/mol. The van der Waals surface area contributed by atoms with Crippen molar-refractivity contribution in [2.75, 3.05) is 19.8 Å². The van der Waals surface area contributed by atoms with Crippen molar-refractivity contribution in [3.8, 4) is 0 Å². The number of carbonyl (C=O) groups is 2. The highest BCUT2D eigenvalue weighted by Gasteiger charge is 2.17. The minimum Gasteiger partial charge on any atom is -0.399 e. The van der Waals surface area contributed by atoms with Crippen LogP contribution in [0.3, 0.4) is 0 Å². The van der Waals surface area contributed by atoms with E-state index in [-0.39, 0.29) is 0 Å². The molecule has 0 aliphatic rings. The fourth-order valence-corrected chi connectivity index (χ4v) is 0.961. The third kappa shape index (κ3) is 2.10. The lowest BCUT2D eigenvalue weighted by Crippen LogP contribution is -2.29. The van der Waals surface area contributed by atoms with E-state index in [1.165, 1.54) is 19.0 Å². The van der Waals surface area contributed by atoms with Gasteiger partial charge in [0.25, 0.3) is 5.91 Å². The summed E-state index contributed by atoms with van der Waals surface area (Å²) in [6.45, 7) is 0. The standard InChI is InChI=1S/C10H12N2O2/c1-12(2)10(14)9(13)7-3-5-8(11)6-4-7/h3-6H,11H2,1-2H3. The fourth-order valence-electron chi connectivity index (χ4n) is 0.961. The molecule has 1 aromatic rings. The molecule has 1 amide bonds. The lowest BCUT2D eigenvalue weighted by molar-refractivity contribution is -0.124. The van der Waals surface area contributed by atoms with Crippen LogP contribution in [0.1, 0.15) is 10.4 Å². The zero-order valence-corrected chi connectivity index (χ0v) is 8.15. The number of likely N-dealkylation sites (N-methyl/N-ethyl adjacent to an activating group) is 1. The molecule has 74 valence electrons. The molecule has 0 fully saturated rings. The highest BCUT2D eigenvalue weighted by molar-refractivity contribution is 6.42. The highest BCUT2D eigenvalue weighted by atomic mass is 16.2. The van der Waals surface area contributed by atoms with Crippen LogP contribution in [0.15, 0.2) is 24.3 Å². The number of benzene rings is 1. The minimum absolute atomic E-state index is 0.359. The van der Waals surface area contributed by atoms with Crippen LogP contribution in [0.25, 0.3) is 0 Å². The molecule has 0 spiro atoms. The maximum absolute atomic E-state index is 11.5. The van der Waals surface area contributed by atoms with E-state index < -0.39 is 11.7 Å².